The molecule has 1 rings (SSSR count). The zero-order valence-electron chi connectivity index (χ0n) is 11.2. The molecule has 0 radical (unpaired) electrons. The summed E-state index contributed by atoms with van der Waals surface area (Å²) in [7, 11) is 0. The van der Waals surface area contributed by atoms with Crippen molar-refractivity contribution in [3.63, 3.8) is 0 Å². The summed E-state index contributed by atoms with van der Waals surface area (Å²) >= 11 is 0. The molecule has 1 aromatic rings. The fourth-order valence-electron chi connectivity index (χ4n) is 1.80. The zero-order valence-corrected chi connectivity index (χ0v) is 11.2. The van der Waals surface area contributed by atoms with E-state index in [1.165, 1.54) is 32.1 Å². The Labute approximate surface area is 110 Å². The number of amides is 1. The van der Waals surface area contributed by atoms with Crippen LogP contribution in [0.25, 0.3) is 0 Å². The maximum absolute atomic E-state index is 11.6. The number of hydrogen-bond donors (Lipinski definition) is 2. The molecule has 0 heterocycles. The van der Waals surface area contributed by atoms with Gasteiger partial charge in [0.25, 0.3) is 5.91 Å². The van der Waals surface area contributed by atoms with E-state index in [1.807, 2.05) is 30.3 Å². The summed E-state index contributed by atoms with van der Waals surface area (Å²) in [6.45, 7) is 3.06. The molecule has 0 fully saturated rings. The Kier molecular flexibility index (Phi) is 7.89. The Morgan fingerprint density at radius 1 is 1.00 bits per heavy atom. The first kappa shape index (κ1) is 14.7. The predicted molar refractivity (Wildman–Crippen MR) is 75.3 cm³/mol. The minimum absolute atomic E-state index is 0.0680. The Hall–Kier alpha value is -1.35. The van der Waals surface area contributed by atoms with E-state index in [-0.39, 0.29) is 5.91 Å². The lowest BCUT2D eigenvalue weighted by Crippen LogP contribution is -2.37. The van der Waals surface area contributed by atoms with Crippen LogP contribution in [-0.4, -0.2) is 12.5 Å². The summed E-state index contributed by atoms with van der Waals surface area (Å²) in [4.78, 5) is 11.6. The largest absolute Gasteiger partial charge is 0.287 e. The van der Waals surface area contributed by atoms with E-state index in [1.54, 1.807) is 0 Å². The van der Waals surface area contributed by atoms with E-state index >= 15 is 0 Å². The molecule has 0 saturated heterocycles. The predicted octanol–water partition coefficient (Wildman–Crippen LogP) is 3.28. The normalized spacial score (nSPS) is 10.3. The lowest BCUT2D eigenvalue weighted by atomic mass is 10.1. The van der Waals surface area contributed by atoms with Crippen LogP contribution in [0.1, 0.15) is 55.8 Å². The lowest BCUT2D eigenvalue weighted by molar-refractivity contribution is 0.0933. The summed E-state index contributed by atoms with van der Waals surface area (Å²) in [5, 5.41) is 0. The second-order valence-corrected chi connectivity index (χ2v) is 4.51. The van der Waals surface area contributed by atoms with Crippen molar-refractivity contribution in [3.05, 3.63) is 35.9 Å². The van der Waals surface area contributed by atoms with Gasteiger partial charge >= 0.3 is 0 Å². The van der Waals surface area contributed by atoms with E-state index in [9.17, 15) is 4.79 Å². The molecule has 0 aromatic heterocycles. The highest BCUT2D eigenvalue weighted by molar-refractivity contribution is 5.93. The minimum Gasteiger partial charge on any atom is -0.287 e. The molecule has 100 valence electrons. The third kappa shape index (κ3) is 6.40. The van der Waals surface area contributed by atoms with Crippen LogP contribution in [0.15, 0.2) is 30.3 Å². The van der Waals surface area contributed by atoms with Crippen molar-refractivity contribution in [2.24, 2.45) is 0 Å². The highest BCUT2D eigenvalue weighted by Gasteiger charge is 2.01. The number of unbranched alkanes of at least 4 members (excludes halogenated alkanes) is 5. The standard InChI is InChI=1S/C15H24N2O/c1-2-3-4-5-6-10-13-16-17-15(18)14-11-8-7-9-12-14/h7-9,11-12,16H,2-6,10,13H2,1H3,(H,17,18). The van der Waals surface area contributed by atoms with E-state index in [2.05, 4.69) is 17.8 Å². The molecule has 1 amide bonds. The second-order valence-electron chi connectivity index (χ2n) is 4.51. The lowest BCUT2D eigenvalue weighted by Gasteiger charge is -2.07. The van der Waals surface area contributed by atoms with Gasteiger partial charge in [0.2, 0.25) is 0 Å². The number of rotatable bonds is 9. The van der Waals surface area contributed by atoms with Gasteiger partial charge in [0, 0.05) is 12.1 Å². The van der Waals surface area contributed by atoms with Crippen LogP contribution in [0, 0.1) is 0 Å². The van der Waals surface area contributed by atoms with Crippen LogP contribution in [0.3, 0.4) is 0 Å². The molecule has 0 spiro atoms. The van der Waals surface area contributed by atoms with Crippen LogP contribution in [-0.2, 0) is 0 Å². The van der Waals surface area contributed by atoms with E-state index in [4.69, 9.17) is 0 Å². The van der Waals surface area contributed by atoms with Gasteiger partial charge in [-0.25, -0.2) is 5.43 Å². The third-order valence-corrected chi connectivity index (χ3v) is 2.89. The SMILES string of the molecule is CCCCCCCCNNC(=O)c1ccccc1. The van der Waals surface area contributed by atoms with Gasteiger partial charge in [0.1, 0.15) is 0 Å². The zero-order chi connectivity index (χ0) is 13.1. The van der Waals surface area contributed by atoms with Gasteiger partial charge in [0.05, 0.1) is 0 Å². The minimum atomic E-state index is -0.0680. The Morgan fingerprint density at radius 3 is 2.39 bits per heavy atom. The number of hydrazine groups is 1. The average molecular weight is 248 g/mol. The van der Waals surface area contributed by atoms with Crippen molar-refractivity contribution < 1.29 is 4.79 Å². The fraction of sp³-hybridized carbons (Fsp3) is 0.533. The number of nitrogens with one attached hydrogen (secondary N) is 2. The van der Waals surface area contributed by atoms with Gasteiger partial charge < -0.3 is 0 Å². The van der Waals surface area contributed by atoms with E-state index < -0.39 is 0 Å². The Balaban J connectivity index is 2.00. The molecule has 0 bridgehead atoms. The van der Waals surface area contributed by atoms with Crippen LogP contribution in [0.5, 0.6) is 0 Å². The van der Waals surface area contributed by atoms with Crippen molar-refractivity contribution in [2.45, 2.75) is 45.4 Å². The van der Waals surface area contributed by atoms with Crippen molar-refractivity contribution >= 4 is 5.91 Å². The summed E-state index contributed by atoms with van der Waals surface area (Å²) < 4.78 is 0. The quantitative estimate of drug-likeness (QED) is 0.520. The summed E-state index contributed by atoms with van der Waals surface area (Å²) in [6.07, 6.45) is 7.57. The molecule has 0 saturated carbocycles. The van der Waals surface area contributed by atoms with Gasteiger partial charge in [-0.3, -0.25) is 10.2 Å². The Bertz CT molecular complexity index is 325. The molecule has 0 atom stereocenters. The molecule has 0 aliphatic heterocycles. The molecule has 18 heavy (non-hydrogen) atoms. The van der Waals surface area contributed by atoms with Gasteiger partial charge in [-0.05, 0) is 18.6 Å². The van der Waals surface area contributed by atoms with Gasteiger partial charge in [-0.1, -0.05) is 57.2 Å². The summed E-state index contributed by atoms with van der Waals surface area (Å²) in [6, 6.07) is 9.25. The van der Waals surface area contributed by atoms with Gasteiger partial charge in [-0.15, -0.1) is 0 Å². The number of benzene rings is 1. The molecule has 2 N–H and O–H groups in total. The monoisotopic (exact) mass is 248 g/mol. The van der Waals surface area contributed by atoms with Crippen LogP contribution in [0.4, 0.5) is 0 Å². The van der Waals surface area contributed by atoms with Crippen molar-refractivity contribution in [2.75, 3.05) is 6.54 Å². The van der Waals surface area contributed by atoms with Gasteiger partial charge in [-0.2, -0.15) is 0 Å². The summed E-state index contributed by atoms with van der Waals surface area (Å²) in [5.41, 5.74) is 6.37. The number of carbonyl (C=O) groups is 1. The van der Waals surface area contributed by atoms with Crippen molar-refractivity contribution in [1.82, 2.24) is 10.9 Å². The second kappa shape index (κ2) is 9.66. The molecule has 3 nitrogen and oxygen atoms in total. The fourth-order valence-corrected chi connectivity index (χ4v) is 1.80. The molecule has 0 aliphatic rings. The summed E-state index contributed by atoms with van der Waals surface area (Å²) in [5.74, 6) is -0.0680. The first-order valence-corrected chi connectivity index (χ1v) is 6.93. The Morgan fingerprint density at radius 2 is 1.67 bits per heavy atom. The molecular formula is C15H24N2O. The van der Waals surface area contributed by atoms with E-state index in [0.29, 0.717) is 5.56 Å². The van der Waals surface area contributed by atoms with Gasteiger partial charge in [0.15, 0.2) is 0 Å². The van der Waals surface area contributed by atoms with Crippen LogP contribution in [0.2, 0.25) is 0 Å². The number of hydrogen-bond acceptors (Lipinski definition) is 2. The highest BCUT2D eigenvalue weighted by atomic mass is 16.2. The topological polar surface area (TPSA) is 41.1 Å². The molecule has 0 unspecified atom stereocenters. The third-order valence-electron chi connectivity index (χ3n) is 2.89. The van der Waals surface area contributed by atoms with Crippen LogP contribution < -0.4 is 10.9 Å². The average Bonchev–Trinajstić information content (AvgIpc) is 2.42. The number of carbonyl (C=O) groups excluding carboxylic acids is 1. The molecule has 0 aliphatic carbocycles. The molecule has 1 aromatic carbocycles. The molecular weight excluding hydrogens is 224 g/mol. The maximum Gasteiger partial charge on any atom is 0.265 e. The van der Waals surface area contributed by atoms with Crippen molar-refractivity contribution in [3.8, 4) is 0 Å². The van der Waals surface area contributed by atoms with E-state index in [0.717, 1.165) is 13.0 Å². The first-order chi connectivity index (χ1) is 8.84. The van der Waals surface area contributed by atoms with Crippen molar-refractivity contribution in [1.29, 1.82) is 0 Å². The maximum atomic E-state index is 11.6. The van der Waals surface area contributed by atoms with Crippen LogP contribution >= 0.6 is 0 Å². The first-order valence-electron chi connectivity index (χ1n) is 6.93. The smallest absolute Gasteiger partial charge is 0.265 e. The molecule has 3 heteroatoms. The highest BCUT2D eigenvalue weighted by Crippen LogP contribution is 2.03.